The summed E-state index contributed by atoms with van der Waals surface area (Å²) in [6.07, 6.45) is 3.77. The molecule has 3 heteroatoms. The van der Waals surface area contributed by atoms with Crippen molar-refractivity contribution >= 4 is 0 Å². The van der Waals surface area contributed by atoms with Crippen molar-refractivity contribution in [1.82, 2.24) is 10.2 Å². The lowest BCUT2D eigenvalue weighted by molar-refractivity contribution is 0.0367. The van der Waals surface area contributed by atoms with Gasteiger partial charge in [-0.2, -0.15) is 0 Å². The third kappa shape index (κ3) is 6.72. The molecule has 0 aliphatic carbocycles. The third-order valence-corrected chi connectivity index (χ3v) is 3.77. The number of nitrogens with one attached hydrogen (secondary N) is 1. The first-order chi connectivity index (χ1) is 8.38. The highest BCUT2D eigenvalue weighted by atomic mass is 16.5. The minimum absolute atomic E-state index is 0.232. The minimum atomic E-state index is 0.232. The number of hydrogen-bond donors (Lipinski definition) is 1. The summed E-state index contributed by atoms with van der Waals surface area (Å²) >= 11 is 0. The molecular weight excluding hydrogens is 224 g/mol. The van der Waals surface area contributed by atoms with Crippen LogP contribution in [-0.4, -0.2) is 49.8 Å². The van der Waals surface area contributed by atoms with Crippen LogP contribution in [0.25, 0.3) is 0 Å². The van der Waals surface area contributed by atoms with Crippen molar-refractivity contribution in [2.75, 3.05) is 33.4 Å². The van der Waals surface area contributed by atoms with Crippen LogP contribution in [0.3, 0.4) is 0 Å². The van der Waals surface area contributed by atoms with Crippen molar-refractivity contribution in [2.24, 2.45) is 5.92 Å². The van der Waals surface area contributed by atoms with Gasteiger partial charge in [0.05, 0.1) is 6.61 Å². The Morgan fingerprint density at radius 1 is 1.39 bits per heavy atom. The SMILES string of the molecule is CC(CCNC(C)(C)C)N(C)CC1CCCOC1. The fraction of sp³-hybridized carbons (Fsp3) is 1.00. The van der Waals surface area contributed by atoms with Gasteiger partial charge in [0.2, 0.25) is 0 Å². The highest BCUT2D eigenvalue weighted by Gasteiger charge is 2.19. The molecule has 2 atom stereocenters. The van der Waals surface area contributed by atoms with Crippen molar-refractivity contribution in [3.05, 3.63) is 0 Å². The molecule has 1 saturated heterocycles. The molecular formula is C15H32N2O. The monoisotopic (exact) mass is 256 g/mol. The van der Waals surface area contributed by atoms with Gasteiger partial charge in [0, 0.05) is 24.7 Å². The largest absolute Gasteiger partial charge is 0.381 e. The predicted octanol–water partition coefficient (Wildman–Crippen LogP) is 2.51. The fourth-order valence-electron chi connectivity index (χ4n) is 2.42. The molecule has 2 unspecified atom stereocenters. The molecule has 18 heavy (non-hydrogen) atoms. The first-order valence-electron chi connectivity index (χ1n) is 7.41. The van der Waals surface area contributed by atoms with E-state index in [-0.39, 0.29) is 5.54 Å². The summed E-state index contributed by atoms with van der Waals surface area (Å²) in [6.45, 7) is 13.2. The smallest absolute Gasteiger partial charge is 0.0506 e. The molecule has 108 valence electrons. The summed E-state index contributed by atoms with van der Waals surface area (Å²) < 4.78 is 5.55. The van der Waals surface area contributed by atoms with Gasteiger partial charge in [-0.15, -0.1) is 0 Å². The molecule has 0 radical (unpaired) electrons. The molecule has 1 N–H and O–H groups in total. The first-order valence-corrected chi connectivity index (χ1v) is 7.41. The van der Waals surface area contributed by atoms with Crippen molar-refractivity contribution in [3.63, 3.8) is 0 Å². The minimum Gasteiger partial charge on any atom is -0.381 e. The van der Waals surface area contributed by atoms with E-state index in [0.717, 1.165) is 25.7 Å². The normalized spacial score (nSPS) is 23.3. The Hall–Kier alpha value is -0.120. The van der Waals surface area contributed by atoms with Crippen LogP contribution in [0.15, 0.2) is 0 Å². The summed E-state index contributed by atoms with van der Waals surface area (Å²) in [5, 5.41) is 3.56. The number of nitrogens with zero attached hydrogens (tertiary/aromatic N) is 1. The highest BCUT2D eigenvalue weighted by molar-refractivity contribution is 4.74. The Balaban J connectivity index is 2.17. The number of rotatable bonds is 6. The van der Waals surface area contributed by atoms with E-state index in [9.17, 15) is 0 Å². The molecule has 0 bridgehead atoms. The Labute approximate surface area is 113 Å². The third-order valence-electron chi connectivity index (χ3n) is 3.77. The van der Waals surface area contributed by atoms with E-state index >= 15 is 0 Å². The van der Waals surface area contributed by atoms with Crippen molar-refractivity contribution < 1.29 is 4.74 Å². The van der Waals surface area contributed by atoms with E-state index in [2.05, 4.69) is 45.0 Å². The molecule has 1 aliphatic heterocycles. The molecule has 0 aromatic rings. The van der Waals surface area contributed by atoms with Gasteiger partial charge in [0.25, 0.3) is 0 Å². The second-order valence-electron chi connectivity index (χ2n) is 6.84. The van der Waals surface area contributed by atoms with Gasteiger partial charge in [-0.25, -0.2) is 0 Å². The maximum Gasteiger partial charge on any atom is 0.0506 e. The Morgan fingerprint density at radius 3 is 2.67 bits per heavy atom. The highest BCUT2D eigenvalue weighted by Crippen LogP contribution is 2.16. The van der Waals surface area contributed by atoms with E-state index in [1.165, 1.54) is 25.8 Å². The predicted molar refractivity (Wildman–Crippen MR) is 78.0 cm³/mol. The van der Waals surface area contributed by atoms with Gasteiger partial charge < -0.3 is 15.0 Å². The van der Waals surface area contributed by atoms with Crippen LogP contribution in [0.5, 0.6) is 0 Å². The van der Waals surface area contributed by atoms with Crippen molar-refractivity contribution in [2.45, 2.75) is 58.5 Å². The van der Waals surface area contributed by atoms with Crippen molar-refractivity contribution in [1.29, 1.82) is 0 Å². The second-order valence-corrected chi connectivity index (χ2v) is 6.84. The van der Waals surface area contributed by atoms with E-state index < -0.39 is 0 Å². The fourth-order valence-corrected chi connectivity index (χ4v) is 2.42. The lowest BCUT2D eigenvalue weighted by atomic mass is 10.0. The zero-order chi connectivity index (χ0) is 13.6. The maximum absolute atomic E-state index is 5.55. The lowest BCUT2D eigenvalue weighted by Crippen LogP contribution is -2.41. The standard InChI is InChI=1S/C15H32N2O/c1-13(8-9-16-15(2,3)4)17(5)11-14-7-6-10-18-12-14/h13-14,16H,6-12H2,1-5H3. The van der Waals surface area contributed by atoms with E-state index in [0.29, 0.717) is 6.04 Å². The zero-order valence-electron chi connectivity index (χ0n) is 13.0. The van der Waals surface area contributed by atoms with Gasteiger partial charge in [-0.1, -0.05) is 0 Å². The lowest BCUT2D eigenvalue weighted by Gasteiger charge is -2.31. The molecule has 0 amide bonds. The number of ether oxygens (including phenoxy) is 1. The van der Waals surface area contributed by atoms with E-state index in [1.807, 2.05) is 0 Å². The molecule has 1 heterocycles. The van der Waals surface area contributed by atoms with Crippen LogP contribution in [-0.2, 0) is 4.74 Å². The molecule has 1 aliphatic rings. The van der Waals surface area contributed by atoms with Crippen LogP contribution in [0.1, 0.15) is 47.0 Å². The van der Waals surface area contributed by atoms with Gasteiger partial charge in [0.15, 0.2) is 0 Å². The van der Waals surface area contributed by atoms with Gasteiger partial charge in [-0.05, 0) is 66.5 Å². The summed E-state index contributed by atoms with van der Waals surface area (Å²) in [5.41, 5.74) is 0.232. The molecule has 3 nitrogen and oxygen atoms in total. The number of hydrogen-bond acceptors (Lipinski definition) is 3. The van der Waals surface area contributed by atoms with Gasteiger partial charge in [0.1, 0.15) is 0 Å². The topological polar surface area (TPSA) is 24.5 Å². The molecule has 0 spiro atoms. The van der Waals surface area contributed by atoms with E-state index in [1.54, 1.807) is 0 Å². The van der Waals surface area contributed by atoms with Crippen LogP contribution in [0, 0.1) is 5.92 Å². The zero-order valence-corrected chi connectivity index (χ0v) is 13.0. The Bertz CT molecular complexity index is 219. The molecule has 1 fully saturated rings. The summed E-state index contributed by atoms with van der Waals surface area (Å²) in [5.74, 6) is 0.738. The average Bonchev–Trinajstić information content (AvgIpc) is 2.28. The average molecular weight is 256 g/mol. The van der Waals surface area contributed by atoms with Crippen LogP contribution < -0.4 is 5.32 Å². The maximum atomic E-state index is 5.55. The van der Waals surface area contributed by atoms with Gasteiger partial charge >= 0.3 is 0 Å². The first kappa shape index (κ1) is 15.9. The summed E-state index contributed by atoms with van der Waals surface area (Å²) in [4.78, 5) is 2.49. The quantitative estimate of drug-likeness (QED) is 0.790. The molecule has 0 aromatic heterocycles. The second kappa shape index (κ2) is 7.46. The summed E-state index contributed by atoms with van der Waals surface area (Å²) in [7, 11) is 2.25. The Kier molecular flexibility index (Phi) is 6.61. The van der Waals surface area contributed by atoms with Crippen molar-refractivity contribution in [3.8, 4) is 0 Å². The Morgan fingerprint density at radius 2 is 2.11 bits per heavy atom. The van der Waals surface area contributed by atoms with Crippen LogP contribution in [0.4, 0.5) is 0 Å². The molecule has 0 saturated carbocycles. The van der Waals surface area contributed by atoms with Gasteiger partial charge in [-0.3, -0.25) is 0 Å². The summed E-state index contributed by atoms with van der Waals surface area (Å²) in [6, 6.07) is 0.641. The van der Waals surface area contributed by atoms with Crippen LogP contribution in [0.2, 0.25) is 0 Å². The molecule has 0 aromatic carbocycles. The van der Waals surface area contributed by atoms with E-state index in [4.69, 9.17) is 4.74 Å². The van der Waals surface area contributed by atoms with Crippen LogP contribution >= 0.6 is 0 Å². The molecule has 1 rings (SSSR count).